The zero-order chi connectivity index (χ0) is 12.1. The first-order chi connectivity index (χ1) is 8.31. The first kappa shape index (κ1) is 12.0. The fraction of sp³-hybridized carbons (Fsp3) is 0.200. The second-order valence-electron chi connectivity index (χ2n) is 4.10. The number of para-hydroxylation sites is 1. The molecular formula is C15H16ClN. The second-order valence-corrected chi connectivity index (χ2v) is 4.37. The van der Waals surface area contributed by atoms with Crippen LogP contribution in [0.4, 0.5) is 5.69 Å². The normalized spacial score (nSPS) is 10.2. The van der Waals surface area contributed by atoms with Crippen molar-refractivity contribution < 1.29 is 0 Å². The van der Waals surface area contributed by atoms with Crippen LogP contribution in [0.15, 0.2) is 54.6 Å². The lowest BCUT2D eigenvalue weighted by Gasteiger charge is -2.22. The van der Waals surface area contributed by atoms with Crippen LogP contribution in [-0.4, -0.2) is 7.05 Å². The molecule has 0 fully saturated rings. The number of nitrogens with zero attached hydrogens (tertiary/aromatic N) is 1. The highest BCUT2D eigenvalue weighted by Gasteiger charge is 2.06. The Bertz CT molecular complexity index is 467. The maximum absolute atomic E-state index is 5.95. The van der Waals surface area contributed by atoms with Gasteiger partial charge < -0.3 is 4.90 Å². The Kier molecular flexibility index (Phi) is 4.05. The van der Waals surface area contributed by atoms with E-state index in [-0.39, 0.29) is 0 Å². The van der Waals surface area contributed by atoms with Gasteiger partial charge in [0, 0.05) is 25.2 Å². The van der Waals surface area contributed by atoms with Crippen LogP contribution in [0.25, 0.3) is 0 Å². The first-order valence-electron chi connectivity index (χ1n) is 5.70. The first-order valence-corrected chi connectivity index (χ1v) is 6.23. The van der Waals surface area contributed by atoms with E-state index in [0.717, 1.165) is 6.54 Å². The number of rotatable bonds is 4. The minimum absolute atomic E-state index is 0.551. The molecule has 0 heterocycles. The van der Waals surface area contributed by atoms with Gasteiger partial charge >= 0.3 is 0 Å². The summed E-state index contributed by atoms with van der Waals surface area (Å²) in [5.41, 5.74) is 3.68. The second kappa shape index (κ2) is 5.74. The molecule has 0 spiro atoms. The van der Waals surface area contributed by atoms with Crippen LogP contribution in [-0.2, 0) is 12.4 Å². The number of benzene rings is 2. The highest BCUT2D eigenvalue weighted by molar-refractivity contribution is 6.17. The van der Waals surface area contributed by atoms with Crippen molar-refractivity contribution in [2.45, 2.75) is 12.4 Å². The van der Waals surface area contributed by atoms with Gasteiger partial charge in [-0.25, -0.2) is 0 Å². The summed E-state index contributed by atoms with van der Waals surface area (Å²) in [6.45, 7) is 0.898. The van der Waals surface area contributed by atoms with Crippen LogP contribution in [0.5, 0.6) is 0 Å². The number of hydrogen-bond acceptors (Lipinski definition) is 1. The zero-order valence-corrected chi connectivity index (χ0v) is 10.7. The van der Waals surface area contributed by atoms with Gasteiger partial charge in [-0.15, -0.1) is 11.6 Å². The number of halogens is 1. The molecule has 0 radical (unpaired) electrons. The fourth-order valence-electron chi connectivity index (χ4n) is 1.94. The van der Waals surface area contributed by atoms with Gasteiger partial charge in [-0.1, -0.05) is 48.5 Å². The van der Waals surface area contributed by atoms with E-state index in [1.54, 1.807) is 0 Å². The summed E-state index contributed by atoms with van der Waals surface area (Å²) in [4.78, 5) is 2.23. The van der Waals surface area contributed by atoms with E-state index >= 15 is 0 Å². The molecule has 17 heavy (non-hydrogen) atoms. The fourth-order valence-corrected chi connectivity index (χ4v) is 2.16. The van der Waals surface area contributed by atoms with E-state index in [4.69, 9.17) is 11.6 Å². The summed E-state index contributed by atoms with van der Waals surface area (Å²) in [5.74, 6) is 0.551. The van der Waals surface area contributed by atoms with E-state index in [9.17, 15) is 0 Å². The van der Waals surface area contributed by atoms with Crippen molar-refractivity contribution >= 4 is 17.3 Å². The van der Waals surface area contributed by atoms with Crippen molar-refractivity contribution in [2.75, 3.05) is 11.9 Å². The zero-order valence-electron chi connectivity index (χ0n) is 9.94. The van der Waals surface area contributed by atoms with Crippen molar-refractivity contribution in [1.29, 1.82) is 0 Å². The van der Waals surface area contributed by atoms with Crippen LogP contribution in [0.1, 0.15) is 11.1 Å². The van der Waals surface area contributed by atoms with Gasteiger partial charge in [-0.05, 0) is 17.2 Å². The molecule has 2 rings (SSSR count). The van der Waals surface area contributed by atoms with Gasteiger partial charge in [-0.2, -0.15) is 0 Å². The smallest absolute Gasteiger partial charge is 0.0494 e. The van der Waals surface area contributed by atoms with Crippen LogP contribution in [0, 0.1) is 0 Å². The minimum atomic E-state index is 0.551. The Morgan fingerprint density at radius 2 is 1.59 bits per heavy atom. The maximum atomic E-state index is 5.95. The molecule has 0 saturated heterocycles. The predicted octanol–water partition coefficient (Wildman–Crippen LogP) is 4.06. The molecule has 2 aromatic rings. The molecule has 0 aliphatic heterocycles. The van der Waals surface area contributed by atoms with Crippen LogP contribution in [0.2, 0.25) is 0 Å². The van der Waals surface area contributed by atoms with Crippen molar-refractivity contribution in [3.8, 4) is 0 Å². The molecule has 0 atom stereocenters. The summed E-state index contributed by atoms with van der Waals surface area (Å²) >= 11 is 5.95. The van der Waals surface area contributed by atoms with E-state index in [0.29, 0.717) is 5.88 Å². The highest BCUT2D eigenvalue weighted by Crippen LogP contribution is 2.22. The lowest BCUT2D eigenvalue weighted by Crippen LogP contribution is -2.17. The van der Waals surface area contributed by atoms with Crippen LogP contribution < -0.4 is 4.90 Å². The average molecular weight is 246 g/mol. The summed E-state index contributed by atoms with van der Waals surface area (Å²) in [6.07, 6.45) is 0. The standard InChI is InChI=1S/C15H16ClN/c1-17(12-13-7-3-2-4-8-13)15-10-6-5-9-14(15)11-16/h2-10H,11-12H2,1H3. The Morgan fingerprint density at radius 3 is 2.29 bits per heavy atom. The van der Waals surface area contributed by atoms with Crippen LogP contribution >= 0.6 is 11.6 Å². The number of hydrogen-bond donors (Lipinski definition) is 0. The summed E-state index contributed by atoms with van der Waals surface area (Å²) < 4.78 is 0. The van der Waals surface area contributed by atoms with E-state index in [1.165, 1.54) is 16.8 Å². The van der Waals surface area contributed by atoms with E-state index in [1.807, 2.05) is 18.2 Å². The maximum Gasteiger partial charge on any atom is 0.0494 e. The minimum Gasteiger partial charge on any atom is -0.370 e. The van der Waals surface area contributed by atoms with Crippen LogP contribution in [0.3, 0.4) is 0 Å². The molecule has 2 aromatic carbocycles. The lowest BCUT2D eigenvalue weighted by molar-refractivity contribution is 0.916. The summed E-state index contributed by atoms with van der Waals surface area (Å²) in [5, 5.41) is 0. The third-order valence-corrected chi connectivity index (χ3v) is 3.10. The largest absolute Gasteiger partial charge is 0.370 e. The van der Waals surface area contributed by atoms with Gasteiger partial charge in [0.1, 0.15) is 0 Å². The molecular weight excluding hydrogens is 230 g/mol. The van der Waals surface area contributed by atoms with E-state index < -0.39 is 0 Å². The lowest BCUT2D eigenvalue weighted by atomic mass is 10.1. The van der Waals surface area contributed by atoms with E-state index in [2.05, 4.69) is 48.3 Å². The summed E-state index contributed by atoms with van der Waals surface area (Å²) in [6, 6.07) is 18.7. The van der Waals surface area contributed by atoms with Gasteiger partial charge in [-0.3, -0.25) is 0 Å². The number of alkyl halides is 1. The quantitative estimate of drug-likeness (QED) is 0.735. The topological polar surface area (TPSA) is 3.24 Å². The average Bonchev–Trinajstić information content (AvgIpc) is 2.40. The third kappa shape index (κ3) is 3.01. The molecule has 0 aliphatic rings. The molecule has 0 amide bonds. The SMILES string of the molecule is CN(Cc1ccccc1)c1ccccc1CCl. The molecule has 0 saturated carbocycles. The van der Waals surface area contributed by atoms with Gasteiger partial charge in [0.2, 0.25) is 0 Å². The molecule has 2 heteroatoms. The Balaban J connectivity index is 2.17. The van der Waals surface area contributed by atoms with Gasteiger partial charge in [0.15, 0.2) is 0 Å². The third-order valence-electron chi connectivity index (χ3n) is 2.81. The Hall–Kier alpha value is -1.47. The Labute approximate surface area is 108 Å². The van der Waals surface area contributed by atoms with Gasteiger partial charge in [0.05, 0.1) is 0 Å². The molecule has 0 unspecified atom stereocenters. The van der Waals surface area contributed by atoms with Gasteiger partial charge in [0.25, 0.3) is 0 Å². The highest BCUT2D eigenvalue weighted by atomic mass is 35.5. The number of anilines is 1. The molecule has 0 aromatic heterocycles. The van der Waals surface area contributed by atoms with Crippen molar-refractivity contribution in [3.63, 3.8) is 0 Å². The van der Waals surface area contributed by atoms with Crippen molar-refractivity contribution in [2.24, 2.45) is 0 Å². The molecule has 0 aliphatic carbocycles. The monoisotopic (exact) mass is 245 g/mol. The van der Waals surface area contributed by atoms with Crippen molar-refractivity contribution in [1.82, 2.24) is 0 Å². The molecule has 88 valence electrons. The molecule has 0 bridgehead atoms. The predicted molar refractivity (Wildman–Crippen MR) is 74.5 cm³/mol. The molecule has 0 N–H and O–H groups in total. The summed E-state index contributed by atoms with van der Waals surface area (Å²) in [7, 11) is 2.10. The molecule has 1 nitrogen and oxygen atoms in total. The van der Waals surface area contributed by atoms with Crippen molar-refractivity contribution in [3.05, 3.63) is 65.7 Å². The Morgan fingerprint density at radius 1 is 0.941 bits per heavy atom.